The topological polar surface area (TPSA) is 80.3 Å². The molecule has 1 saturated heterocycles. The third-order valence-electron chi connectivity index (χ3n) is 5.31. The molecule has 2 aromatic heterocycles. The van der Waals surface area contributed by atoms with E-state index in [1.807, 2.05) is 37.3 Å². The second kappa shape index (κ2) is 8.14. The molecule has 1 fully saturated rings. The first kappa shape index (κ1) is 21.0. The predicted molar refractivity (Wildman–Crippen MR) is 104 cm³/mol. The second-order valence-electron chi connectivity index (χ2n) is 7.39. The number of alkyl halides is 3. The van der Waals surface area contributed by atoms with E-state index in [2.05, 4.69) is 20.1 Å². The molecule has 31 heavy (non-hydrogen) atoms. The molecule has 0 saturated carbocycles. The van der Waals surface area contributed by atoms with Crippen molar-refractivity contribution in [1.82, 2.24) is 29.7 Å². The first-order chi connectivity index (χ1) is 14.7. The van der Waals surface area contributed by atoms with Gasteiger partial charge in [0.25, 0.3) is 5.91 Å². The SMILES string of the molecule is CC(c1nc(-c2ccccc2)no1)N1CCN(C(=O)c2cn(C)nc2C(F)(F)F)CC1. The van der Waals surface area contributed by atoms with Crippen LogP contribution in [0.4, 0.5) is 13.2 Å². The van der Waals surface area contributed by atoms with Gasteiger partial charge in [-0.1, -0.05) is 35.5 Å². The molecule has 0 bridgehead atoms. The van der Waals surface area contributed by atoms with Gasteiger partial charge >= 0.3 is 6.18 Å². The fourth-order valence-corrected chi connectivity index (χ4v) is 3.60. The van der Waals surface area contributed by atoms with Crippen molar-refractivity contribution in [2.24, 2.45) is 7.05 Å². The summed E-state index contributed by atoms with van der Waals surface area (Å²) in [5, 5.41) is 7.44. The molecule has 4 rings (SSSR count). The second-order valence-corrected chi connectivity index (χ2v) is 7.39. The molecule has 1 aliphatic rings. The van der Waals surface area contributed by atoms with E-state index in [4.69, 9.17) is 4.52 Å². The Hall–Kier alpha value is -3.21. The van der Waals surface area contributed by atoms with E-state index in [0.29, 0.717) is 24.8 Å². The largest absolute Gasteiger partial charge is 0.435 e. The number of aryl methyl sites for hydroxylation is 1. The van der Waals surface area contributed by atoms with Crippen molar-refractivity contribution >= 4 is 5.91 Å². The quantitative estimate of drug-likeness (QED) is 0.628. The zero-order valence-corrected chi connectivity index (χ0v) is 17.0. The van der Waals surface area contributed by atoms with E-state index < -0.39 is 23.3 Å². The van der Waals surface area contributed by atoms with Gasteiger partial charge in [-0.2, -0.15) is 23.3 Å². The van der Waals surface area contributed by atoms with Crippen LogP contribution in [0.25, 0.3) is 11.4 Å². The summed E-state index contributed by atoms with van der Waals surface area (Å²) < 4.78 is 46.0. The summed E-state index contributed by atoms with van der Waals surface area (Å²) >= 11 is 0. The van der Waals surface area contributed by atoms with E-state index in [1.165, 1.54) is 11.9 Å². The summed E-state index contributed by atoms with van der Waals surface area (Å²) in [5.41, 5.74) is -0.743. The molecule has 0 aliphatic carbocycles. The standard InChI is InChI=1S/C20H21F3N6O2/c1-13(18-24-17(26-31-18)14-6-4-3-5-7-14)28-8-10-29(11-9-28)19(30)15-12-27(2)25-16(15)20(21,22)23/h3-7,12-13H,8-11H2,1-2H3. The van der Waals surface area contributed by atoms with E-state index in [1.54, 1.807) is 0 Å². The van der Waals surface area contributed by atoms with Crippen LogP contribution in [-0.4, -0.2) is 61.8 Å². The van der Waals surface area contributed by atoms with Crippen LogP contribution >= 0.6 is 0 Å². The van der Waals surface area contributed by atoms with Gasteiger partial charge in [-0.15, -0.1) is 0 Å². The number of nitrogens with zero attached hydrogens (tertiary/aromatic N) is 6. The predicted octanol–water partition coefficient (Wildman–Crippen LogP) is 3.01. The molecule has 0 radical (unpaired) electrons. The number of aromatic nitrogens is 4. The summed E-state index contributed by atoms with van der Waals surface area (Å²) in [6.45, 7) is 3.43. The Morgan fingerprint density at radius 1 is 1.13 bits per heavy atom. The normalized spacial score (nSPS) is 16.5. The summed E-state index contributed by atoms with van der Waals surface area (Å²) in [5.74, 6) is 0.273. The van der Waals surface area contributed by atoms with Gasteiger partial charge in [0.1, 0.15) is 0 Å². The summed E-state index contributed by atoms with van der Waals surface area (Å²) in [7, 11) is 1.36. The summed E-state index contributed by atoms with van der Waals surface area (Å²) in [4.78, 5) is 20.6. The Bertz CT molecular complexity index is 1050. The Kier molecular flexibility index (Phi) is 5.52. The molecule has 3 aromatic rings. The molecule has 11 heteroatoms. The fourth-order valence-electron chi connectivity index (χ4n) is 3.60. The third-order valence-corrected chi connectivity index (χ3v) is 5.31. The molecular weight excluding hydrogens is 413 g/mol. The molecule has 164 valence electrons. The van der Waals surface area contributed by atoms with Crippen molar-refractivity contribution < 1.29 is 22.5 Å². The van der Waals surface area contributed by atoms with Gasteiger partial charge in [-0.05, 0) is 6.92 Å². The number of piperazine rings is 1. The van der Waals surface area contributed by atoms with Crippen LogP contribution in [0.1, 0.15) is 34.9 Å². The molecule has 8 nitrogen and oxygen atoms in total. The maximum absolute atomic E-state index is 13.2. The van der Waals surface area contributed by atoms with Crippen molar-refractivity contribution in [2.45, 2.75) is 19.1 Å². The van der Waals surface area contributed by atoms with Gasteiger partial charge in [-0.3, -0.25) is 14.4 Å². The van der Waals surface area contributed by atoms with Gasteiger partial charge < -0.3 is 9.42 Å². The Labute approximate surface area is 176 Å². The van der Waals surface area contributed by atoms with E-state index in [-0.39, 0.29) is 19.1 Å². The average Bonchev–Trinajstić information content (AvgIpc) is 3.40. The lowest BCUT2D eigenvalue weighted by molar-refractivity contribution is -0.141. The van der Waals surface area contributed by atoms with Crippen molar-refractivity contribution in [2.75, 3.05) is 26.2 Å². The zero-order valence-electron chi connectivity index (χ0n) is 17.0. The molecule has 1 aromatic carbocycles. The number of amides is 1. The maximum Gasteiger partial charge on any atom is 0.435 e. The van der Waals surface area contributed by atoms with Crippen LogP contribution in [-0.2, 0) is 13.2 Å². The Morgan fingerprint density at radius 3 is 2.45 bits per heavy atom. The first-order valence-electron chi connectivity index (χ1n) is 9.77. The molecule has 0 N–H and O–H groups in total. The number of hydrogen-bond donors (Lipinski definition) is 0. The van der Waals surface area contributed by atoms with Crippen molar-refractivity contribution in [1.29, 1.82) is 0 Å². The highest BCUT2D eigenvalue weighted by Gasteiger charge is 2.40. The lowest BCUT2D eigenvalue weighted by Crippen LogP contribution is -2.49. The maximum atomic E-state index is 13.2. The van der Waals surface area contributed by atoms with Crippen LogP contribution in [0.15, 0.2) is 41.1 Å². The van der Waals surface area contributed by atoms with Crippen molar-refractivity contribution in [3.8, 4) is 11.4 Å². The van der Waals surface area contributed by atoms with E-state index in [9.17, 15) is 18.0 Å². The number of benzene rings is 1. The van der Waals surface area contributed by atoms with Crippen LogP contribution in [0, 0.1) is 0 Å². The lowest BCUT2D eigenvalue weighted by Gasteiger charge is -2.36. The van der Waals surface area contributed by atoms with Gasteiger partial charge in [0.2, 0.25) is 11.7 Å². The number of hydrogen-bond acceptors (Lipinski definition) is 6. The number of rotatable bonds is 4. The monoisotopic (exact) mass is 434 g/mol. The van der Waals surface area contributed by atoms with Crippen LogP contribution in [0.3, 0.4) is 0 Å². The highest BCUT2D eigenvalue weighted by atomic mass is 19.4. The van der Waals surface area contributed by atoms with Gasteiger partial charge in [0, 0.05) is 45.0 Å². The average molecular weight is 434 g/mol. The van der Waals surface area contributed by atoms with E-state index in [0.717, 1.165) is 16.4 Å². The molecule has 1 aliphatic heterocycles. The minimum absolute atomic E-state index is 0.189. The van der Waals surface area contributed by atoms with Gasteiger partial charge in [0.15, 0.2) is 5.69 Å². The van der Waals surface area contributed by atoms with Crippen molar-refractivity contribution in [3.63, 3.8) is 0 Å². The first-order valence-corrected chi connectivity index (χ1v) is 9.77. The summed E-state index contributed by atoms with van der Waals surface area (Å²) in [6.07, 6.45) is -3.57. The highest BCUT2D eigenvalue weighted by Crippen LogP contribution is 2.31. The minimum Gasteiger partial charge on any atom is -0.337 e. The van der Waals surface area contributed by atoms with Gasteiger partial charge in [-0.25, -0.2) is 0 Å². The highest BCUT2D eigenvalue weighted by molar-refractivity contribution is 5.95. The molecule has 1 atom stereocenters. The van der Waals surface area contributed by atoms with Crippen LogP contribution in [0.2, 0.25) is 0 Å². The number of carbonyl (C=O) groups excluding carboxylic acids is 1. The molecular formula is C20H21F3N6O2. The fraction of sp³-hybridized carbons (Fsp3) is 0.400. The van der Waals surface area contributed by atoms with Crippen LogP contribution < -0.4 is 0 Å². The molecule has 1 unspecified atom stereocenters. The van der Waals surface area contributed by atoms with Crippen LogP contribution in [0.5, 0.6) is 0 Å². The Morgan fingerprint density at radius 2 is 1.81 bits per heavy atom. The summed E-state index contributed by atoms with van der Waals surface area (Å²) in [6, 6.07) is 9.26. The molecule has 1 amide bonds. The molecule has 0 spiro atoms. The third kappa shape index (κ3) is 4.31. The smallest absolute Gasteiger partial charge is 0.337 e. The number of halogens is 3. The van der Waals surface area contributed by atoms with E-state index >= 15 is 0 Å². The van der Waals surface area contributed by atoms with Gasteiger partial charge in [0.05, 0.1) is 11.6 Å². The number of carbonyl (C=O) groups is 1. The minimum atomic E-state index is -4.68. The zero-order chi connectivity index (χ0) is 22.2. The molecule has 3 heterocycles. The lowest BCUT2D eigenvalue weighted by atomic mass is 10.1. The van der Waals surface area contributed by atoms with Crippen molar-refractivity contribution in [3.05, 3.63) is 53.7 Å². The Balaban J connectivity index is 1.41.